The van der Waals surface area contributed by atoms with Gasteiger partial charge in [0.2, 0.25) is 5.91 Å². The molecule has 1 unspecified atom stereocenters. The van der Waals surface area contributed by atoms with E-state index in [0.29, 0.717) is 18.0 Å². The summed E-state index contributed by atoms with van der Waals surface area (Å²) in [6, 6.07) is 15.7. The second-order valence-corrected chi connectivity index (χ2v) is 7.69. The minimum absolute atomic E-state index is 0.0219. The maximum Gasteiger partial charge on any atom is 0.247 e. The van der Waals surface area contributed by atoms with Crippen LogP contribution in [0.2, 0.25) is 0 Å². The first-order chi connectivity index (χ1) is 15.1. The van der Waals surface area contributed by atoms with Crippen molar-refractivity contribution in [3.05, 3.63) is 65.7 Å². The van der Waals surface area contributed by atoms with Crippen LogP contribution < -0.4 is 9.47 Å². The molecule has 0 spiro atoms. The van der Waals surface area contributed by atoms with Gasteiger partial charge < -0.3 is 19.1 Å². The summed E-state index contributed by atoms with van der Waals surface area (Å²) in [6.07, 6.45) is 3.44. The van der Waals surface area contributed by atoms with Crippen LogP contribution in [0.1, 0.15) is 18.1 Å². The highest BCUT2D eigenvalue weighted by atomic mass is 16.5. The van der Waals surface area contributed by atoms with Gasteiger partial charge in [-0.15, -0.1) is 0 Å². The monoisotopic (exact) mass is 424 g/mol. The third kappa shape index (κ3) is 6.84. The molecule has 1 heterocycles. The van der Waals surface area contributed by atoms with Crippen LogP contribution in [0, 0.1) is 0 Å². The summed E-state index contributed by atoms with van der Waals surface area (Å²) in [5.41, 5.74) is 1.96. The van der Waals surface area contributed by atoms with Crippen molar-refractivity contribution in [2.45, 2.75) is 19.5 Å². The molecule has 0 bridgehead atoms. The Bertz CT molecular complexity index is 841. The van der Waals surface area contributed by atoms with Gasteiger partial charge in [0.1, 0.15) is 11.5 Å². The Morgan fingerprint density at radius 3 is 2.35 bits per heavy atom. The molecule has 1 amide bonds. The van der Waals surface area contributed by atoms with Gasteiger partial charge in [-0.3, -0.25) is 9.69 Å². The molecule has 2 aromatic rings. The van der Waals surface area contributed by atoms with Crippen molar-refractivity contribution in [1.82, 2.24) is 9.80 Å². The number of hydrogen-bond donors (Lipinski definition) is 0. The Kier molecular flexibility index (Phi) is 8.50. The topological polar surface area (TPSA) is 51.2 Å². The third-order valence-corrected chi connectivity index (χ3v) is 5.43. The number of rotatable bonds is 9. The van der Waals surface area contributed by atoms with E-state index in [1.165, 1.54) is 0 Å². The van der Waals surface area contributed by atoms with Gasteiger partial charge in [-0.2, -0.15) is 0 Å². The molecule has 0 aromatic heterocycles. The number of carbonyl (C=O) groups is 1. The molecular weight excluding hydrogens is 392 g/mol. The Labute approximate surface area is 185 Å². The Balaban J connectivity index is 1.76. The number of hydrogen-bond acceptors (Lipinski definition) is 5. The van der Waals surface area contributed by atoms with Crippen LogP contribution in [0.15, 0.2) is 54.6 Å². The number of nitrogens with zero attached hydrogens (tertiary/aromatic N) is 2. The van der Waals surface area contributed by atoms with Crippen LogP contribution in [0.5, 0.6) is 11.5 Å². The normalized spacial score (nSPS) is 15.6. The van der Waals surface area contributed by atoms with Crippen molar-refractivity contribution < 1.29 is 19.0 Å². The second-order valence-electron chi connectivity index (χ2n) is 7.69. The number of benzene rings is 2. The van der Waals surface area contributed by atoms with Crippen LogP contribution in [0.3, 0.4) is 0 Å². The zero-order valence-corrected chi connectivity index (χ0v) is 18.6. The van der Waals surface area contributed by atoms with E-state index in [0.717, 1.165) is 44.0 Å². The highest BCUT2D eigenvalue weighted by Crippen LogP contribution is 2.23. The quantitative estimate of drug-likeness (QED) is 0.577. The van der Waals surface area contributed by atoms with E-state index in [9.17, 15) is 4.79 Å². The van der Waals surface area contributed by atoms with Crippen LogP contribution >= 0.6 is 0 Å². The van der Waals surface area contributed by atoms with Crippen LogP contribution in [-0.4, -0.2) is 68.8 Å². The van der Waals surface area contributed by atoms with Crippen molar-refractivity contribution in [2.75, 3.05) is 47.1 Å². The number of morpholine rings is 1. The van der Waals surface area contributed by atoms with E-state index < -0.39 is 0 Å². The first kappa shape index (κ1) is 22.8. The maximum absolute atomic E-state index is 13.2. The summed E-state index contributed by atoms with van der Waals surface area (Å²) in [5.74, 6) is 1.35. The predicted octanol–water partition coefficient (Wildman–Crippen LogP) is 3.47. The smallest absolute Gasteiger partial charge is 0.247 e. The van der Waals surface area contributed by atoms with Gasteiger partial charge in [0, 0.05) is 44.4 Å². The fourth-order valence-corrected chi connectivity index (χ4v) is 3.68. The van der Waals surface area contributed by atoms with Crippen molar-refractivity contribution >= 4 is 12.0 Å². The largest absolute Gasteiger partial charge is 0.497 e. The first-order valence-corrected chi connectivity index (χ1v) is 10.6. The number of ether oxygens (including phenoxy) is 3. The molecule has 1 aliphatic rings. The number of methoxy groups -OCH3 is 2. The van der Waals surface area contributed by atoms with Gasteiger partial charge in [-0.1, -0.05) is 30.3 Å². The summed E-state index contributed by atoms with van der Waals surface area (Å²) in [5, 5.41) is 0. The van der Waals surface area contributed by atoms with E-state index >= 15 is 0 Å². The Morgan fingerprint density at radius 2 is 1.74 bits per heavy atom. The minimum atomic E-state index is -0.0219. The molecular formula is C25H32N2O4. The van der Waals surface area contributed by atoms with E-state index in [4.69, 9.17) is 14.2 Å². The zero-order valence-electron chi connectivity index (χ0n) is 18.6. The molecule has 6 nitrogen and oxygen atoms in total. The molecule has 1 fully saturated rings. The van der Waals surface area contributed by atoms with Crippen molar-refractivity contribution in [1.29, 1.82) is 0 Å². The lowest BCUT2D eigenvalue weighted by Gasteiger charge is -2.34. The molecule has 2 aromatic carbocycles. The maximum atomic E-state index is 13.2. The molecule has 0 N–H and O–H groups in total. The molecule has 0 aliphatic carbocycles. The SMILES string of the molecule is COc1cc(/C=C/C(=O)N(Cc2ccccc2)C(C)CN2CCOCC2)cc(OC)c1. The summed E-state index contributed by atoms with van der Waals surface area (Å²) >= 11 is 0. The summed E-state index contributed by atoms with van der Waals surface area (Å²) in [7, 11) is 3.23. The minimum Gasteiger partial charge on any atom is -0.497 e. The van der Waals surface area contributed by atoms with Gasteiger partial charge in [0.15, 0.2) is 0 Å². The summed E-state index contributed by atoms with van der Waals surface area (Å²) < 4.78 is 16.1. The molecule has 166 valence electrons. The number of carbonyl (C=O) groups excluding carboxylic acids is 1. The molecule has 0 radical (unpaired) electrons. The van der Waals surface area contributed by atoms with Crippen LogP contribution in [-0.2, 0) is 16.1 Å². The van der Waals surface area contributed by atoms with Crippen LogP contribution in [0.25, 0.3) is 6.08 Å². The second kappa shape index (κ2) is 11.5. The lowest BCUT2D eigenvalue weighted by atomic mass is 10.1. The zero-order chi connectivity index (χ0) is 22.1. The van der Waals surface area contributed by atoms with E-state index in [1.54, 1.807) is 20.3 Å². The molecule has 0 saturated carbocycles. The number of amides is 1. The Morgan fingerprint density at radius 1 is 1.10 bits per heavy atom. The fourth-order valence-electron chi connectivity index (χ4n) is 3.68. The average molecular weight is 425 g/mol. The standard InChI is InChI=1S/C25H32N2O4/c1-20(18-26-11-13-31-14-12-26)27(19-21-7-5-4-6-8-21)25(28)10-9-22-15-23(29-2)17-24(16-22)30-3/h4-10,15-17,20H,11-14,18-19H2,1-3H3/b10-9+. The van der Waals surface area contributed by atoms with Crippen LogP contribution in [0.4, 0.5) is 0 Å². The Hall–Kier alpha value is -2.83. The van der Waals surface area contributed by atoms with Gasteiger partial charge in [-0.05, 0) is 36.3 Å². The lowest BCUT2D eigenvalue weighted by molar-refractivity contribution is -0.129. The molecule has 6 heteroatoms. The van der Waals surface area contributed by atoms with Gasteiger partial charge in [0.05, 0.1) is 27.4 Å². The summed E-state index contributed by atoms with van der Waals surface area (Å²) in [4.78, 5) is 17.5. The fraction of sp³-hybridized carbons (Fsp3) is 0.400. The van der Waals surface area contributed by atoms with Crippen molar-refractivity contribution in [3.63, 3.8) is 0 Å². The first-order valence-electron chi connectivity index (χ1n) is 10.6. The molecule has 31 heavy (non-hydrogen) atoms. The van der Waals surface area contributed by atoms with Crippen molar-refractivity contribution in [2.24, 2.45) is 0 Å². The molecule has 3 rings (SSSR count). The van der Waals surface area contributed by atoms with E-state index in [-0.39, 0.29) is 11.9 Å². The highest BCUT2D eigenvalue weighted by Gasteiger charge is 2.22. The predicted molar refractivity (Wildman–Crippen MR) is 122 cm³/mol. The van der Waals surface area contributed by atoms with E-state index in [2.05, 4.69) is 24.0 Å². The molecule has 1 aliphatic heterocycles. The molecule has 1 saturated heterocycles. The van der Waals surface area contributed by atoms with Crippen molar-refractivity contribution in [3.8, 4) is 11.5 Å². The van der Waals surface area contributed by atoms with Gasteiger partial charge in [0.25, 0.3) is 0 Å². The van der Waals surface area contributed by atoms with E-state index in [1.807, 2.05) is 47.4 Å². The van der Waals surface area contributed by atoms with Gasteiger partial charge >= 0.3 is 0 Å². The summed E-state index contributed by atoms with van der Waals surface area (Å²) in [6.45, 7) is 6.79. The van der Waals surface area contributed by atoms with Gasteiger partial charge in [-0.25, -0.2) is 0 Å². The molecule has 1 atom stereocenters. The third-order valence-electron chi connectivity index (χ3n) is 5.43. The average Bonchev–Trinajstić information content (AvgIpc) is 2.82. The highest BCUT2D eigenvalue weighted by molar-refractivity contribution is 5.92. The lowest BCUT2D eigenvalue weighted by Crippen LogP contribution is -2.47.